The number of aliphatic hydroxyl groups excluding tert-OH is 1. The Bertz CT molecular complexity index is 387. The summed E-state index contributed by atoms with van der Waals surface area (Å²) in [4.78, 5) is 11.7. The molecule has 102 valence electrons. The second kappa shape index (κ2) is 6.54. The van der Waals surface area contributed by atoms with E-state index in [1.54, 1.807) is 17.1 Å². The van der Waals surface area contributed by atoms with Gasteiger partial charge in [-0.25, -0.2) is 0 Å². The van der Waals surface area contributed by atoms with E-state index in [1.165, 1.54) is 7.11 Å². The summed E-state index contributed by atoms with van der Waals surface area (Å²) >= 11 is 0. The lowest BCUT2D eigenvalue weighted by molar-refractivity contribution is -0.152. The Kier molecular flexibility index (Phi) is 5.34. The maximum absolute atomic E-state index is 11.7. The smallest absolute Gasteiger partial charge is 0.311 e. The molecule has 0 aromatic carbocycles. The molecule has 0 aliphatic heterocycles. The number of rotatable bonds is 6. The molecule has 1 aromatic heterocycles. The normalized spacial score (nSPS) is 14.6. The highest BCUT2D eigenvalue weighted by molar-refractivity contribution is 5.73. The Hall–Kier alpha value is -1.36. The number of hydrogen-bond donors (Lipinski definition) is 1. The average molecular weight is 254 g/mol. The average Bonchev–Trinajstić information content (AvgIpc) is 2.77. The summed E-state index contributed by atoms with van der Waals surface area (Å²) in [6, 6.07) is 0. The van der Waals surface area contributed by atoms with Gasteiger partial charge in [-0.3, -0.25) is 9.48 Å². The summed E-state index contributed by atoms with van der Waals surface area (Å²) in [5.41, 5.74) is 0.660. The van der Waals surface area contributed by atoms with Crippen molar-refractivity contribution in [2.45, 2.75) is 39.8 Å². The molecule has 0 saturated carbocycles. The van der Waals surface area contributed by atoms with Crippen LogP contribution in [0.1, 0.15) is 38.9 Å². The molecule has 0 bridgehead atoms. The minimum Gasteiger partial charge on any atom is -0.469 e. The lowest BCUT2D eigenvalue weighted by atomic mass is 9.87. The molecule has 18 heavy (non-hydrogen) atoms. The minimum atomic E-state index is -0.872. The number of aliphatic hydroxyl groups is 1. The van der Waals surface area contributed by atoms with Crippen LogP contribution in [0.2, 0.25) is 0 Å². The Morgan fingerprint density at radius 3 is 2.72 bits per heavy atom. The minimum absolute atomic E-state index is 0.00183. The summed E-state index contributed by atoms with van der Waals surface area (Å²) < 4.78 is 6.52. The SMILES string of the molecule is CCCn1cc(C(O)C(C(=O)OC)C(C)C)cn1. The van der Waals surface area contributed by atoms with Gasteiger partial charge < -0.3 is 9.84 Å². The van der Waals surface area contributed by atoms with Gasteiger partial charge in [0, 0.05) is 18.3 Å². The first kappa shape index (κ1) is 14.7. The summed E-state index contributed by atoms with van der Waals surface area (Å²) in [6.45, 7) is 6.64. The summed E-state index contributed by atoms with van der Waals surface area (Å²) in [5, 5.41) is 14.4. The number of methoxy groups -OCH3 is 1. The fourth-order valence-corrected chi connectivity index (χ4v) is 1.99. The van der Waals surface area contributed by atoms with Gasteiger partial charge in [-0.2, -0.15) is 5.10 Å². The first-order valence-corrected chi connectivity index (χ1v) is 6.29. The van der Waals surface area contributed by atoms with Crippen molar-refractivity contribution in [3.8, 4) is 0 Å². The van der Waals surface area contributed by atoms with Gasteiger partial charge in [-0.1, -0.05) is 20.8 Å². The molecular formula is C13H22N2O3. The second-order valence-electron chi connectivity index (χ2n) is 4.77. The summed E-state index contributed by atoms with van der Waals surface area (Å²) in [7, 11) is 1.34. The maximum Gasteiger partial charge on any atom is 0.311 e. The van der Waals surface area contributed by atoms with Crippen LogP contribution in [0.5, 0.6) is 0 Å². The van der Waals surface area contributed by atoms with E-state index in [0.717, 1.165) is 13.0 Å². The van der Waals surface area contributed by atoms with Gasteiger partial charge in [0.2, 0.25) is 0 Å². The van der Waals surface area contributed by atoms with Crippen LogP contribution in [0.15, 0.2) is 12.4 Å². The summed E-state index contributed by atoms with van der Waals surface area (Å²) in [6.07, 6.45) is 3.50. The molecule has 5 nitrogen and oxygen atoms in total. The first-order chi connectivity index (χ1) is 8.51. The molecule has 1 rings (SSSR count). The van der Waals surface area contributed by atoms with E-state index in [-0.39, 0.29) is 11.9 Å². The second-order valence-corrected chi connectivity index (χ2v) is 4.77. The molecule has 0 fully saturated rings. The van der Waals surface area contributed by atoms with Crippen molar-refractivity contribution in [3.63, 3.8) is 0 Å². The van der Waals surface area contributed by atoms with Crippen molar-refractivity contribution in [2.24, 2.45) is 11.8 Å². The standard InChI is InChI=1S/C13H22N2O3/c1-5-6-15-8-10(7-14-15)12(16)11(9(2)3)13(17)18-4/h7-9,11-12,16H,5-6H2,1-4H3. The van der Waals surface area contributed by atoms with Crippen LogP contribution in [0.25, 0.3) is 0 Å². The van der Waals surface area contributed by atoms with E-state index < -0.39 is 12.0 Å². The van der Waals surface area contributed by atoms with Gasteiger partial charge in [-0.15, -0.1) is 0 Å². The van der Waals surface area contributed by atoms with Gasteiger partial charge in [0.25, 0.3) is 0 Å². The molecule has 1 aromatic rings. The van der Waals surface area contributed by atoms with Crippen LogP contribution in [0.4, 0.5) is 0 Å². The lowest BCUT2D eigenvalue weighted by Crippen LogP contribution is -2.28. The van der Waals surface area contributed by atoms with Gasteiger partial charge in [0.15, 0.2) is 0 Å². The fourth-order valence-electron chi connectivity index (χ4n) is 1.99. The monoisotopic (exact) mass is 254 g/mol. The molecule has 1 heterocycles. The lowest BCUT2D eigenvalue weighted by Gasteiger charge is -2.23. The van der Waals surface area contributed by atoms with Crippen molar-refractivity contribution in [1.29, 1.82) is 0 Å². The highest BCUT2D eigenvalue weighted by Gasteiger charge is 2.32. The van der Waals surface area contributed by atoms with Crippen molar-refractivity contribution < 1.29 is 14.6 Å². The fraction of sp³-hybridized carbons (Fsp3) is 0.692. The number of esters is 1. The third kappa shape index (κ3) is 3.32. The Balaban J connectivity index is 2.87. The van der Waals surface area contributed by atoms with E-state index in [9.17, 15) is 9.90 Å². The number of carbonyl (C=O) groups excluding carboxylic acids is 1. The predicted octanol–water partition coefficient (Wildman–Crippen LogP) is 1.77. The zero-order valence-corrected chi connectivity index (χ0v) is 11.5. The van der Waals surface area contributed by atoms with Gasteiger partial charge in [0.05, 0.1) is 25.3 Å². The Morgan fingerprint density at radius 1 is 1.56 bits per heavy atom. The molecule has 0 amide bonds. The molecule has 1 N–H and O–H groups in total. The third-order valence-electron chi connectivity index (χ3n) is 2.98. The topological polar surface area (TPSA) is 64.4 Å². The number of hydrogen-bond acceptors (Lipinski definition) is 4. The molecule has 5 heteroatoms. The molecule has 2 unspecified atom stereocenters. The number of ether oxygens (including phenoxy) is 1. The van der Waals surface area contributed by atoms with E-state index in [4.69, 9.17) is 4.74 Å². The van der Waals surface area contributed by atoms with E-state index in [0.29, 0.717) is 5.56 Å². The van der Waals surface area contributed by atoms with Crippen molar-refractivity contribution >= 4 is 5.97 Å². The van der Waals surface area contributed by atoms with Crippen molar-refractivity contribution in [2.75, 3.05) is 7.11 Å². The van der Waals surface area contributed by atoms with Gasteiger partial charge >= 0.3 is 5.97 Å². The van der Waals surface area contributed by atoms with Crippen molar-refractivity contribution in [1.82, 2.24) is 9.78 Å². The van der Waals surface area contributed by atoms with Crippen molar-refractivity contribution in [3.05, 3.63) is 18.0 Å². The molecule has 0 aliphatic carbocycles. The zero-order valence-electron chi connectivity index (χ0n) is 11.5. The molecule has 0 saturated heterocycles. The van der Waals surface area contributed by atoms with Crippen LogP contribution < -0.4 is 0 Å². The van der Waals surface area contributed by atoms with E-state index in [1.807, 2.05) is 13.8 Å². The highest BCUT2D eigenvalue weighted by atomic mass is 16.5. The third-order valence-corrected chi connectivity index (χ3v) is 2.98. The molecule has 0 spiro atoms. The number of nitrogens with zero attached hydrogens (tertiary/aromatic N) is 2. The van der Waals surface area contributed by atoms with Crippen LogP contribution >= 0.6 is 0 Å². The van der Waals surface area contributed by atoms with Crippen LogP contribution in [-0.2, 0) is 16.1 Å². The van der Waals surface area contributed by atoms with E-state index >= 15 is 0 Å². The number of carbonyl (C=O) groups is 1. The highest BCUT2D eigenvalue weighted by Crippen LogP contribution is 2.28. The number of aromatic nitrogens is 2. The molecule has 2 atom stereocenters. The quantitative estimate of drug-likeness (QED) is 0.786. The van der Waals surface area contributed by atoms with Crippen LogP contribution in [-0.4, -0.2) is 28.0 Å². The summed E-state index contributed by atoms with van der Waals surface area (Å²) in [5.74, 6) is -0.947. The maximum atomic E-state index is 11.7. The van der Waals surface area contributed by atoms with Crippen LogP contribution in [0.3, 0.4) is 0 Å². The van der Waals surface area contributed by atoms with Crippen LogP contribution in [0, 0.1) is 11.8 Å². The largest absolute Gasteiger partial charge is 0.469 e. The van der Waals surface area contributed by atoms with Gasteiger partial charge in [-0.05, 0) is 12.3 Å². The molecule has 0 radical (unpaired) electrons. The Labute approximate surface area is 108 Å². The zero-order chi connectivity index (χ0) is 13.7. The first-order valence-electron chi connectivity index (χ1n) is 6.29. The van der Waals surface area contributed by atoms with E-state index in [2.05, 4.69) is 12.0 Å². The predicted molar refractivity (Wildman–Crippen MR) is 67.8 cm³/mol. The number of aryl methyl sites for hydroxylation is 1. The van der Waals surface area contributed by atoms with Gasteiger partial charge in [0.1, 0.15) is 0 Å². The Morgan fingerprint density at radius 2 is 2.22 bits per heavy atom. The molecular weight excluding hydrogens is 232 g/mol. The molecule has 0 aliphatic rings.